The van der Waals surface area contributed by atoms with Crippen molar-refractivity contribution in [3.63, 3.8) is 0 Å². The zero-order valence-corrected chi connectivity index (χ0v) is 23.9. The summed E-state index contributed by atoms with van der Waals surface area (Å²) in [5.41, 5.74) is 5.20. The quantitative estimate of drug-likeness (QED) is 0.172. The van der Waals surface area contributed by atoms with Gasteiger partial charge in [-0.25, -0.2) is 4.39 Å². The van der Waals surface area contributed by atoms with Crippen molar-refractivity contribution in [3.05, 3.63) is 101 Å². The fourth-order valence-corrected chi connectivity index (χ4v) is 5.54. The number of rotatable bonds is 13. The maximum atomic E-state index is 14.1. The number of nitrogens with one attached hydrogen (secondary N) is 1. The van der Waals surface area contributed by atoms with Gasteiger partial charge in [-0.1, -0.05) is 68.5 Å². The highest BCUT2D eigenvalue weighted by atomic mass is 19.1. The molecule has 1 unspecified atom stereocenters. The molecule has 42 heavy (non-hydrogen) atoms. The number of aromatic nitrogens is 1. The topological polar surface area (TPSA) is 124 Å². The van der Waals surface area contributed by atoms with Gasteiger partial charge in [0.25, 0.3) is 5.91 Å². The summed E-state index contributed by atoms with van der Waals surface area (Å²) < 4.78 is 16.2. The fourth-order valence-electron chi connectivity index (χ4n) is 5.54. The first-order valence-corrected chi connectivity index (χ1v) is 14.3. The van der Waals surface area contributed by atoms with Crippen LogP contribution in [0, 0.1) is 4.91 Å². The first-order valence-electron chi connectivity index (χ1n) is 14.3. The number of carbonyl (C=O) groups excluding carboxylic acids is 1. The highest BCUT2D eigenvalue weighted by Gasteiger charge is 2.32. The van der Waals surface area contributed by atoms with E-state index < -0.39 is 18.4 Å². The Morgan fingerprint density at radius 2 is 1.62 bits per heavy atom. The zero-order valence-electron chi connectivity index (χ0n) is 23.9. The Morgan fingerprint density at radius 1 is 0.952 bits per heavy atom. The fraction of sp³-hybridized carbons (Fsp3) is 0.364. The molecule has 0 aliphatic heterocycles. The van der Waals surface area contributed by atoms with Crippen LogP contribution in [0.2, 0.25) is 0 Å². The summed E-state index contributed by atoms with van der Waals surface area (Å²) in [5, 5.41) is 36.0. The Balaban J connectivity index is 1.84. The Labute approximate surface area is 245 Å². The first kappa shape index (κ1) is 31.0. The Morgan fingerprint density at radius 3 is 2.21 bits per heavy atom. The van der Waals surface area contributed by atoms with E-state index in [9.17, 15) is 29.4 Å². The molecule has 222 valence electrons. The molecule has 1 amide bonds. The van der Waals surface area contributed by atoms with Crippen molar-refractivity contribution in [3.8, 4) is 11.1 Å². The minimum atomic E-state index is -1.54. The molecule has 2 aromatic carbocycles. The summed E-state index contributed by atoms with van der Waals surface area (Å²) in [7, 11) is 0. The molecule has 1 aliphatic carbocycles. The van der Waals surface area contributed by atoms with Crippen LogP contribution in [0.4, 0.5) is 10.1 Å². The molecule has 1 heterocycles. The van der Waals surface area contributed by atoms with Gasteiger partial charge in [-0.3, -0.25) is 4.79 Å². The van der Waals surface area contributed by atoms with E-state index in [1.165, 1.54) is 6.08 Å². The predicted octanol–water partition coefficient (Wildman–Crippen LogP) is 6.54. The van der Waals surface area contributed by atoms with Gasteiger partial charge >= 0.3 is 0 Å². The molecule has 0 saturated heterocycles. The molecule has 1 aliphatic rings. The lowest BCUT2D eigenvalue weighted by Crippen LogP contribution is -2.23. The molecule has 3 aromatic rings. The van der Waals surface area contributed by atoms with Crippen LogP contribution in [0.25, 0.3) is 16.7 Å². The van der Waals surface area contributed by atoms with E-state index >= 15 is 0 Å². The van der Waals surface area contributed by atoms with Crippen LogP contribution in [0.15, 0.2) is 83.8 Å². The molecule has 0 radical (unpaired) electrons. The molecule has 4 rings (SSSR count). The van der Waals surface area contributed by atoms with Crippen LogP contribution in [0.5, 0.6) is 0 Å². The largest absolute Gasteiger partial charge is 0.393 e. The Bertz CT molecular complexity index is 1430. The number of allylic oxidation sites excluding steroid dienone is 4. The van der Waals surface area contributed by atoms with Gasteiger partial charge in [-0.05, 0) is 59.7 Å². The highest BCUT2D eigenvalue weighted by molar-refractivity contribution is 6.11. The van der Waals surface area contributed by atoms with Crippen LogP contribution >= 0.6 is 0 Å². The number of para-hydroxylation sites is 1. The molecule has 8 nitrogen and oxygen atoms in total. The maximum Gasteiger partial charge on any atom is 0.258 e. The number of nitroso groups, excluding NO2 is 1. The molecule has 1 aromatic heterocycles. The van der Waals surface area contributed by atoms with E-state index in [0.717, 1.165) is 28.1 Å². The molecule has 9 heteroatoms. The molecule has 4 N–H and O–H groups in total. The molecule has 3 atom stereocenters. The Kier molecular flexibility index (Phi) is 10.6. The van der Waals surface area contributed by atoms with Gasteiger partial charge in [0.2, 0.25) is 0 Å². The normalized spacial score (nSPS) is 15.5. The third-order valence-electron chi connectivity index (χ3n) is 7.41. The van der Waals surface area contributed by atoms with Crippen molar-refractivity contribution in [2.24, 2.45) is 5.18 Å². The van der Waals surface area contributed by atoms with Crippen LogP contribution in [-0.4, -0.2) is 44.2 Å². The Hall–Kier alpha value is -3.92. The van der Waals surface area contributed by atoms with E-state index in [4.69, 9.17) is 0 Å². The first-order chi connectivity index (χ1) is 20.2. The van der Waals surface area contributed by atoms with Crippen molar-refractivity contribution < 1.29 is 24.5 Å². The smallest absolute Gasteiger partial charge is 0.258 e. The summed E-state index contributed by atoms with van der Waals surface area (Å²) in [6, 6.07) is 18.8. The standard InChI is InChI=1S/C33H38FN3O5/c1-21(2)31-30(33(41)35-25-11-7-4-8-12-25)29(22-9-5-3-6-10-22)32(23-13-15-24(34)16-14-23)37(31)18-17-26(38)19-27(39)20-28(40)36-42/h3-13,15,21,26-28,38-40H,14,16-20H2,1-2H3,(H,35,41)/t26-,27-,28?/m1/s1. The summed E-state index contributed by atoms with van der Waals surface area (Å²) in [6.45, 7) is 4.33. The second-order valence-electron chi connectivity index (χ2n) is 10.9. The average molecular weight is 576 g/mol. The summed E-state index contributed by atoms with van der Waals surface area (Å²) >= 11 is 0. The van der Waals surface area contributed by atoms with Crippen LogP contribution in [-0.2, 0) is 6.54 Å². The third kappa shape index (κ3) is 7.47. The second-order valence-corrected chi connectivity index (χ2v) is 10.9. The van der Waals surface area contributed by atoms with Gasteiger partial charge in [0.05, 0.1) is 23.5 Å². The van der Waals surface area contributed by atoms with Crippen molar-refractivity contribution in [1.29, 1.82) is 0 Å². The monoisotopic (exact) mass is 575 g/mol. The predicted molar refractivity (Wildman–Crippen MR) is 162 cm³/mol. The van der Waals surface area contributed by atoms with E-state index in [2.05, 4.69) is 10.5 Å². The summed E-state index contributed by atoms with van der Waals surface area (Å²) in [4.78, 5) is 24.6. The maximum absolute atomic E-state index is 14.1. The van der Waals surface area contributed by atoms with Gasteiger partial charge in [-0.2, -0.15) is 0 Å². The van der Waals surface area contributed by atoms with Gasteiger partial charge < -0.3 is 25.2 Å². The van der Waals surface area contributed by atoms with Crippen LogP contribution < -0.4 is 5.32 Å². The SMILES string of the molecule is CC(C)c1c(C(=O)Nc2ccccc2)c(-c2ccccc2)c(C2=CC=C(F)CC2)n1CC[C@@H](O)C[C@@H](O)CC(O)N=O. The minimum Gasteiger partial charge on any atom is -0.393 e. The minimum absolute atomic E-state index is 0.0519. The summed E-state index contributed by atoms with van der Waals surface area (Å²) in [6.07, 6.45) is 0.224. The molecule has 0 saturated carbocycles. The number of amides is 1. The van der Waals surface area contributed by atoms with Crippen LogP contribution in [0.3, 0.4) is 0 Å². The van der Waals surface area contributed by atoms with Crippen LogP contribution in [0.1, 0.15) is 73.6 Å². The van der Waals surface area contributed by atoms with E-state index in [1.54, 1.807) is 6.08 Å². The van der Waals surface area contributed by atoms with Crippen molar-refractivity contribution in [2.45, 2.75) is 76.9 Å². The molecular weight excluding hydrogens is 537 g/mol. The van der Waals surface area contributed by atoms with Crippen molar-refractivity contribution >= 4 is 17.2 Å². The second kappa shape index (κ2) is 14.3. The van der Waals surface area contributed by atoms with Crippen molar-refractivity contribution in [2.75, 3.05) is 5.32 Å². The lowest BCUT2D eigenvalue weighted by molar-refractivity contribution is 0.0379. The number of hydrogen-bond donors (Lipinski definition) is 4. The summed E-state index contributed by atoms with van der Waals surface area (Å²) in [5.74, 6) is -0.570. The number of hydrogen-bond acceptors (Lipinski definition) is 6. The van der Waals surface area contributed by atoms with Gasteiger partial charge in [0.15, 0.2) is 6.23 Å². The number of anilines is 1. The van der Waals surface area contributed by atoms with Gasteiger partial charge in [0.1, 0.15) is 5.83 Å². The van der Waals surface area contributed by atoms with Gasteiger partial charge in [-0.15, -0.1) is 4.91 Å². The van der Waals surface area contributed by atoms with Gasteiger partial charge in [0, 0.05) is 36.3 Å². The number of aliphatic hydroxyl groups is 3. The molecule has 0 spiro atoms. The average Bonchev–Trinajstić information content (AvgIpc) is 3.33. The molecular formula is C33H38FN3O5. The number of carbonyl (C=O) groups is 1. The van der Waals surface area contributed by atoms with Crippen molar-refractivity contribution in [1.82, 2.24) is 4.57 Å². The number of nitrogens with zero attached hydrogens (tertiary/aromatic N) is 2. The molecule has 0 fully saturated rings. The third-order valence-corrected chi connectivity index (χ3v) is 7.41. The lowest BCUT2D eigenvalue weighted by atomic mass is 9.92. The van der Waals surface area contributed by atoms with E-state index in [0.29, 0.717) is 24.2 Å². The molecule has 0 bridgehead atoms. The lowest BCUT2D eigenvalue weighted by Gasteiger charge is -2.22. The van der Waals surface area contributed by atoms with E-state index in [1.807, 2.05) is 79.1 Å². The number of halogens is 1. The zero-order chi connectivity index (χ0) is 30.2. The number of benzene rings is 2. The number of aliphatic hydroxyl groups excluding tert-OH is 3. The highest BCUT2D eigenvalue weighted by Crippen LogP contribution is 2.43. The van der Waals surface area contributed by atoms with E-state index in [-0.39, 0.29) is 43.3 Å².